The van der Waals surface area contributed by atoms with Crippen LogP contribution in [0.25, 0.3) is 0 Å². The Hall–Kier alpha value is -0.370. The van der Waals surface area contributed by atoms with Crippen molar-refractivity contribution < 1.29 is 13.2 Å². The van der Waals surface area contributed by atoms with Gasteiger partial charge in [0.25, 0.3) is 0 Å². The fourth-order valence-electron chi connectivity index (χ4n) is 2.67. The summed E-state index contributed by atoms with van der Waals surface area (Å²) >= 11 is 0. The van der Waals surface area contributed by atoms with Crippen LogP contribution in [0.1, 0.15) is 32.6 Å². The number of hydrogen-bond donors (Lipinski definition) is 2. The SMILES string of the molecule is CCS(=O)(=O)N1CCC(NC(=O)C2CCCN2)CC1.Cl. The van der Waals surface area contributed by atoms with E-state index in [0.717, 1.165) is 19.4 Å². The number of carbonyl (C=O) groups is 1. The second-order valence-corrected chi connectivity index (χ2v) is 7.49. The highest BCUT2D eigenvalue weighted by Gasteiger charge is 2.29. The molecule has 0 aromatic heterocycles. The summed E-state index contributed by atoms with van der Waals surface area (Å²) in [6.45, 7) is 3.60. The normalized spacial score (nSPS) is 25.1. The van der Waals surface area contributed by atoms with Gasteiger partial charge in [-0.3, -0.25) is 4.79 Å². The molecule has 2 aliphatic heterocycles. The quantitative estimate of drug-likeness (QED) is 0.768. The van der Waals surface area contributed by atoms with Crippen molar-refractivity contribution >= 4 is 28.3 Å². The van der Waals surface area contributed by atoms with Crippen molar-refractivity contribution in [2.45, 2.75) is 44.7 Å². The maximum absolute atomic E-state index is 11.9. The molecule has 0 spiro atoms. The van der Waals surface area contributed by atoms with Gasteiger partial charge >= 0.3 is 0 Å². The van der Waals surface area contributed by atoms with Crippen LogP contribution >= 0.6 is 12.4 Å². The van der Waals surface area contributed by atoms with E-state index in [4.69, 9.17) is 0 Å². The molecule has 0 radical (unpaired) electrons. The molecule has 2 rings (SSSR count). The molecule has 0 saturated carbocycles. The summed E-state index contributed by atoms with van der Waals surface area (Å²) in [7, 11) is -3.08. The van der Waals surface area contributed by atoms with Gasteiger partial charge in [0.15, 0.2) is 0 Å². The van der Waals surface area contributed by atoms with Crippen molar-refractivity contribution in [1.29, 1.82) is 0 Å². The first-order valence-corrected chi connectivity index (χ1v) is 8.65. The second kappa shape index (κ2) is 7.59. The monoisotopic (exact) mass is 325 g/mol. The molecule has 8 heteroatoms. The van der Waals surface area contributed by atoms with Crippen LogP contribution in [0.3, 0.4) is 0 Å². The number of halogens is 1. The lowest BCUT2D eigenvalue weighted by molar-refractivity contribution is -0.123. The van der Waals surface area contributed by atoms with Gasteiger partial charge in [-0.2, -0.15) is 0 Å². The predicted molar refractivity (Wildman–Crippen MR) is 80.5 cm³/mol. The van der Waals surface area contributed by atoms with E-state index in [1.165, 1.54) is 4.31 Å². The molecule has 1 unspecified atom stereocenters. The molecule has 2 N–H and O–H groups in total. The van der Waals surface area contributed by atoms with Crippen LogP contribution in [-0.2, 0) is 14.8 Å². The molecule has 0 aromatic rings. The van der Waals surface area contributed by atoms with Crippen molar-refractivity contribution in [3.8, 4) is 0 Å². The van der Waals surface area contributed by atoms with Gasteiger partial charge in [0, 0.05) is 19.1 Å². The lowest BCUT2D eigenvalue weighted by Crippen LogP contribution is -2.50. The number of sulfonamides is 1. The Kier molecular flexibility index (Phi) is 6.71. The molecular weight excluding hydrogens is 302 g/mol. The Morgan fingerprint density at radius 1 is 1.30 bits per heavy atom. The minimum atomic E-state index is -3.08. The third kappa shape index (κ3) is 4.31. The highest BCUT2D eigenvalue weighted by Crippen LogP contribution is 2.15. The molecule has 20 heavy (non-hydrogen) atoms. The molecule has 2 aliphatic rings. The molecule has 6 nitrogen and oxygen atoms in total. The highest BCUT2D eigenvalue weighted by atomic mass is 35.5. The first kappa shape index (κ1) is 17.7. The number of amides is 1. The van der Waals surface area contributed by atoms with Gasteiger partial charge in [0.1, 0.15) is 0 Å². The van der Waals surface area contributed by atoms with Crippen LogP contribution in [0.4, 0.5) is 0 Å². The van der Waals surface area contributed by atoms with Crippen LogP contribution in [0, 0.1) is 0 Å². The van der Waals surface area contributed by atoms with Crippen LogP contribution < -0.4 is 10.6 Å². The zero-order chi connectivity index (χ0) is 13.9. The number of rotatable bonds is 4. The molecule has 2 fully saturated rings. The van der Waals surface area contributed by atoms with E-state index in [-0.39, 0.29) is 36.2 Å². The maximum Gasteiger partial charge on any atom is 0.237 e. The molecule has 0 aliphatic carbocycles. The largest absolute Gasteiger partial charge is 0.352 e. The van der Waals surface area contributed by atoms with E-state index in [0.29, 0.717) is 25.9 Å². The average Bonchev–Trinajstić information content (AvgIpc) is 2.93. The number of carbonyl (C=O) groups excluding carboxylic acids is 1. The van der Waals surface area contributed by atoms with E-state index in [2.05, 4.69) is 10.6 Å². The zero-order valence-corrected chi connectivity index (χ0v) is 13.4. The average molecular weight is 326 g/mol. The summed E-state index contributed by atoms with van der Waals surface area (Å²) in [5.74, 6) is 0.213. The standard InChI is InChI=1S/C12H23N3O3S.ClH/c1-2-19(17,18)15-8-5-10(6-9-15)14-12(16)11-4-3-7-13-11;/h10-11,13H,2-9H2,1H3,(H,14,16);1H. The number of piperidine rings is 1. The summed E-state index contributed by atoms with van der Waals surface area (Å²) < 4.78 is 25.0. The van der Waals surface area contributed by atoms with Gasteiger partial charge in [0.05, 0.1) is 11.8 Å². The molecule has 0 aromatic carbocycles. The van der Waals surface area contributed by atoms with Gasteiger partial charge in [-0.05, 0) is 39.2 Å². The van der Waals surface area contributed by atoms with Crippen LogP contribution in [0.15, 0.2) is 0 Å². The smallest absolute Gasteiger partial charge is 0.237 e. The Bertz CT molecular complexity index is 416. The van der Waals surface area contributed by atoms with Gasteiger partial charge in [0.2, 0.25) is 15.9 Å². The van der Waals surface area contributed by atoms with Crippen molar-refractivity contribution in [3.63, 3.8) is 0 Å². The topological polar surface area (TPSA) is 78.5 Å². The van der Waals surface area contributed by atoms with Crippen molar-refractivity contribution in [2.75, 3.05) is 25.4 Å². The molecule has 118 valence electrons. The van der Waals surface area contributed by atoms with Crippen LogP contribution in [-0.4, -0.2) is 56.1 Å². The lowest BCUT2D eigenvalue weighted by atomic mass is 10.1. The van der Waals surface area contributed by atoms with E-state index >= 15 is 0 Å². The van der Waals surface area contributed by atoms with Gasteiger partial charge in [-0.1, -0.05) is 0 Å². The fraction of sp³-hybridized carbons (Fsp3) is 0.917. The summed E-state index contributed by atoms with van der Waals surface area (Å²) in [4.78, 5) is 11.9. The Balaban J connectivity index is 0.00000200. The Morgan fingerprint density at radius 3 is 2.45 bits per heavy atom. The van der Waals surface area contributed by atoms with Crippen molar-refractivity contribution in [2.24, 2.45) is 0 Å². The second-order valence-electron chi connectivity index (χ2n) is 5.23. The number of nitrogens with one attached hydrogen (secondary N) is 2. The fourth-order valence-corrected chi connectivity index (χ4v) is 3.80. The summed E-state index contributed by atoms with van der Waals surface area (Å²) in [5.41, 5.74) is 0. The zero-order valence-electron chi connectivity index (χ0n) is 11.8. The summed E-state index contributed by atoms with van der Waals surface area (Å²) in [5, 5.41) is 6.20. The minimum Gasteiger partial charge on any atom is -0.352 e. The Morgan fingerprint density at radius 2 is 1.95 bits per heavy atom. The third-order valence-electron chi connectivity index (χ3n) is 3.94. The molecule has 1 atom stereocenters. The molecule has 0 bridgehead atoms. The predicted octanol–water partition coefficient (Wildman–Crippen LogP) is 0.0905. The van der Waals surface area contributed by atoms with E-state index < -0.39 is 10.0 Å². The minimum absolute atomic E-state index is 0. The molecule has 2 saturated heterocycles. The van der Waals surface area contributed by atoms with E-state index in [1.807, 2.05) is 0 Å². The first-order valence-electron chi connectivity index (χ1n) is 7.04. The third-order valence-corrected chi connectivity index (χ3v) is 5.82. The van der Waals surface area contributed by atoms with Crippen molar-refractivity contribution in [1.82, 2.24) is 14.9 Å². The number of nitrogens with zero attached hydrogens (tertiary/aromatic N) is 1. The molecular formula is C12H24ClN3O3S. The van der Waals surface area contributed by atoms with Crippen LogP contribution in [0.5, 0.6) is 0 Å². The van der Waals surface area contributed by atoms with Crippen molar-refractivity contribution in [3.05, 3.63) is 0 Å². The number of hydrogen-bond acceptors (Lipinski definition) is 4. The van der Waals surface area contributed by atoms with Gasteiger partial charge in [-0.15, -0.1) is 12.4 Å². The van der Waals surface area contributed by atoms with Crippen LogP contribution in [0.2, 0.25) is 0 Å². The molecule has 1 amide bonds. The van der Waals surface area contributed by atoms with Gasteiger partial charge in [-0.25, -0.2) is 12.7 Å². The Labute approximate surface area is 127 Å². The summed E-state index contributed by atoms with van der Waals surface area (Å²) in [6.07, 6.45) is 3.36. The van der Waals surface area contributed by atoms with Gasteiger partial charge < -0.3 is 10.6 Å². The lowest BCUT2D eigenvalue weighted by Gasteiger charge is -2.31. The first-order chi connectivity index (χ1) is 9.03. The van der Waals surface area contributed by atoms with E-state index in [1.54, 1.807) is 6.92 Å². The highest BCUT2D eigenvalue weighted by molar-refractivity contribution is 7.89. The summed E-state index contributed by atoms with van der Waals surface area (Å²) in [6, 6.07) is 0.0515. The molecule has 2 heterocycles. The maximum atomic E-state index is 11.9. The van der Waals surface area contributed by atoms with E-state index in [9.17, 15) is 13.2 Å².